The fourth-order valence-electron chi connectivity index (χ4n) is 3.54. The molecule has 2 aliphatic rings. The zero-order valence-electron chi connectivity index (χ0n) is 15.0. The highest BCUT2D eigenvalue weighted by molar-refractivity contribution is 5.92. The summed E-state index contributed by atoms with van der Waals surface area (Å²) in [5.41, 5.74) is 8.00. The van der Waals surface area contributed by atoms with Crippen molar-refractivity contribution in [1.82, 2.24) is 0 Å². The zero-order valence-corrected chi connectivity index (χ0v) is 15.0. The minimum absolute atomic E-state index is 0.0207. The van der Waals surface area contributed by atoms with E-state index in [0.29, 0.717) is 25.7 Å². The van der Waals surface area contributed by atoms with Crippen molar-refractivity contribution in [3.63, 3.8) is 0 Å². The number of rotatable bonds is 5. The summed E-state index contributed by atoms with van der Waals surface area (Å²) in [5, 5.41) is 3.15. The van der Waals surface area contributed by atoms with E-state index in [-0.39, 0.29) is 11.9 Å². The second-order valence-corrected chi connectivity index (χ2v) is 6.82. The summed E-state index contributed by atoms with van der Waals surface area (Å²) in [5.74, 6) is 0.0122. The monoisotopic (exact) mass is 347 g/mol. The molecule has 2 fully saturated rings. The lowest BCUT2D eigenvalue weighted by Crippen LogP contribution is -2.31. The number of nitrogens with zero attached hydrogens (tertiary/aromatic N) is 1. The summed E-state index contributed by atoms with van der Waals surface area (Å²) >= 11 is 0. The van der Waals surface area contributed by atoms with Gasteiger partial charge < -0.3 is 25.3 Å². The predicted octanol–water partition coefficient (Wildman–Crippen LogP) is 3.03. The number of benzene rings is 1. The van der Waals surface area contributed by atoms with Crippen molar-refractivity contribution >= 4 is 11.6 Å². The molecule has 1 unspecified atom stereocenters. The van der Waals surface area contributed by atoms with Gasteiger partial charge in [-0.3, -0.25) is 4.99 Å². The van der Waals surface area contributed by atoms with Crippen LogP contribution in [0.2, 0.25) is 0 Å². The largest absolute Gasteiger partial charge is 0.380 e. The van der Waals surface area contributed by atoms with Gasteiger partial charge in [-0.05, 0) is 18.9 Å². The minimum atomic E-state index is -0.371. The van der Waals surface area contributed by atoms with Gasteiger partial charge in [0.15, 0.2) is 11.7 Å². The lowest BCUT2D eigenvalue weighted by atomic mass is 10.1. The summed E-state index contributed by atoms with van der Waals surface area (Å²) in [4.78, 5) is 4.44. The molecule has 1 spiro atoms. The highest BCUT2D eigenvalue weighted by atomic mass is 16.7. The summed E-state index contributed by atoms with van der Waals surface area (Å²) in [6, 6.07) is 7.90. The van der Waals surface area contributed by atoms with Crippen LogP contribution in [0.15, 0.2) is 29.3 Å². The molecule has 0 radical (unpaired) electrons. The Morgan fingerprint density at radius 1 is 1.28 bits per heavy atom. The Hall–Kier alpha value is -1.63. The molecule has 1 atom stereocenters. The molecule has 0 aromatic heterocycles. The van der Waals surface area contributed by atoms with Crippen molar-refractivity contribution in [2.45, 2.75) is 57.0 Å². The van der Waals surface area contributed by atoms with Crippen molar-refractivity contribution < 1.29 is 14.2 Å². The number of hydrogen-bond donors (Lipinski definition) is 2. The van der Waals surface area contributed by atoms with Gasteiger partial charge >= 0.3 is 0 Å². The highest BCUT2D eigenvalue weighted by Gasteiger charge is 2.41. The number of nitrogens with two attached hydrogens (primary N) is 1. The number of nitrogens with one attached hydrogen (secondary N) is 1. The van der Waals surface area contributed by atoms with Crippen LogP contribution in [-0.4, -0.2) is 38.1 Å². The van der Waals surface area contributed by atoms with Crippen molar-refractivity contribution in [3.8, 4) is 0 Å². The second-order valence-electron chi connectivity index (χ2n) is 6.82. The Morgan fingerprint density at radius 3 is 2.80 bits per heavy atom. The fourth-order valence-corrected chi connectivity index (χ4v) is 3.54. The lowest BCUT2D eigenvalue weighted by Gasteiger charge is -2.26. The van der Waals surface area contributed by atoms with Gasteiger partial charge in [-0.2, -0.15) is 0 Å². The van der Waals surface area contributed by atoms with Gasteiger partial charge in [0.1, 0.15) is 6.10 Å². The number of guanidine groups is 1. The molecule has 1 aliphatic carbocycles. The number of para-hydroxylation sites is 1. The van der Waals surface area contributed by atoms with Gasteiger partial charge in [0, 0.05) is 31.2 Å². The van der Waals surface area contributed by atoms with E-state index >= 15 is 0 Å². The van der Waals surface area contributed by atoms with Gasteiger partial charge in [-0.15, -0.1) is 0 Å². The van der Waals surface area contributed by atoms with Crippen LogP contribution in [-0.2, 0) is 20.8 Å². The second kappa shape index (κ2) is 8.65. The summed E-state index contributed by atoms with van der Waals surface area (Å²) in [6.45, 7) is 1.63. The zero-order chi connectivity index (χ0) is 17.5. The van der Waals surface area contributed by atoms with Gasteiger partial charge in [-0.25, -0.2) is 0 Å². The molecular weight excluding hydrogens is 318 g/mol. The molecule has 3 rings (SSSR count). The van der Waals surface area contributed by atoms with E-state index in [2.05, 4.69) is 10.3 Å². The molecule has 1 aliphatic heterocycles. The molecule has 1 aromatic rings. The third-order valence-corrected chi connectivity index (χ3v) is 4.82. The summed E-state index contributed by atoms with van der Waals surface area (Å²) in [7, 11) is 1.68. The van der Waals surface area contributed by atoms with Crippen LogP contribution in [0.5, 0.6) is 0 Å². The van der Waals surface area contributed by atoms with Crippen molar-refractivity contribution in [2.24, 2.45) is 10.7 Å². The predicted molar refractivity (Wildman–Crippen MR) is 98.5 cm³/mol. The van der Waals surface area contributed by atoms with Crippen LogP contribution in [0.25, 0.3) is 0 Å². The molecular formula is C19H29N3O3. The first-order chi connectivity index (χ1) is 12.2. The average molecular weight is 347 g/mol. The Balaban J connectivity index is 1.54. The average Bonchev–Trinajstić information content (AvgIpc) is 2.86. The van der Waals surface area contributed by atoms with Crippen LogP contribution in [0, 0.1) is 0 Å². The van der Waals surface area contributed by atoms with Crippen molar-refractivity contribution in [3.05, 3.63) is 29.8 Å². The maximum atomic E-state index is 6.20. The standard InChI is InChI=1S/C19H29N3O3/c1-23-13-15-8-4-5-9-17(15)22-18(20)21-12-16-14-24-19(25-16)10-6-2-3-7-11-19/h4-5,8-9,16H,2-3,6-7,10-14H2,1H3,(H3,20,21,22). The Kier molecular flexibility index (Phi) is 6.29. The first-order valence-electron chi connectivity index (χ1n) is 9.16. The third-order valence-electron chi connectivity index (χ3n) is 4.82. The number of aliphatic imine (C=N–C) groups is 1. The molecule has 1 saturated carbocycles. The van der Waals surface area contributed by atoms with Crippen LogP contribution in [0.3, 0.4) is 0 Å². The van der Waals surface area contributed by atoms with E-state index in [1.165, 1.54) is 25.7 Å². The Labute approximate surface area is 149 Å². The smallest absolute Gasteiger partial charge is 0.193 e. The highest BCUT2D eigenvalue weighted by Crippen LogP contribution is 2.36. The normalized spacial score (nSPS) is 23.6. The van der Waals surface area contributed by atoms with Crippen molar-refractivity contribution in [1.29, 1.82) is 0 Å². The number of anilines is 1. The Morgan fingerprint density at radius 2 is 2.04 bits per heavy atom. The Bertz CT molecular complexity index is 583. The molecule has 1 saturated heterocycles. The van der Waals surface area contributed by atoms with Crippen LogP contribution in [0.1, 0.15) is 44.1 Å². The summed E-state index contributed by atoms with van der Waals surface area (Å²) < 4.78 is 17.4. The van der Waals surface area contributed by atoms with Gasteiger partial charge in [0.25, 0.3) is 0 Å². The molecule has 1 aromatic carbocycles. The first kappa shape index (κ1) is 18.2. The lowest BCUT2D eigenvalue weighted by molar-refractivity contribution is -0.174. The molecule has 0 amide bonds. The van der Waals surface area contributed by atoms with Gasteiger partial charge in [0.05, 0.1) is 19.8 Å². The number of methoxy groups -OCH3 is 1. The van der Waals surface area contributed by atoms with E-state index in [0.717, 1.165) is 24.1 Å². The molecule has 25 heavy (non-hydrogen) atoms. The van der Waals surface area contributed by atoms with Crippen LogP contribution in [0.4, 0.5) is 5.69 Å². The summed E-state index contributed by atoms with van der Waals surface area (Å²) in [6.07, 6.45) is 6.86. The van der Waals surface area contributed by atoms with E-state index in [9.17, 15) is 0 Å². The first-order valence-corrected chi connectivity index (χ1v) is 9.16. The fraction of sp³-hybridized carbons (Fsp3) is 0.632. The SMILES string of the molecule is COCc1ccccc1NC(N)=NCC1COC2(CCCCCC2)O1. The minimum Gasteiger partial charge on any atom is -0.380 e. The van der Waals surface area contributed by atoms with E-state index < -0.39 is 0 Å². The van der Waals surface area contributed by atoms with E-state index in [1.807, 2.05) is 24.3 Å². The van der Waals surface area contributed by atoms with Crippen LogP contribution < -0.4 is 11.1 Å². The molecule has 138 valence electrons. The molecule has 6 heteroatoms. The molecule has 3 N–H and O–H groups in total. The molecule has 6 nitrogen and oxygen atoms in total. The topological polar surface area (TPSA) is 78.1 Å². The maximum absolute atomic E-state index is 6.20. The number of ether oxygens (including phenoxy) is 3. The van der Waals surface area contributed by atoms with Crippen molar-refractivity contribution in [2.75, 3.05) is 25.6 Å². The van der Waals surface area contributed by atoms with E-state index in [4.69, 9.17) is 19.9 Å². The maximum Gasteiger partial charge on any atom is 0.193 e. The van der Waals surface area contributed by atoms with Gasteiger partial charge in [-0.1, -0.05) is 31.0 Å². The molecule has 0 bridgehead atoms. The van der Waals surface area contributed by atoms with Crippen LogP contribution >= 0.6 is 0 Å². The third kappa shape index (κ3) is 4.93. The molecule has 1 heterocycles. The van der Waals surface area contributed by atoms with E-state index in [1.54, 1.807) is 7.11 Å². The number of hydrogen-bond acceptors (Lipinski definition) is 4. The van der Waals surface area contributed by atoms with Gasteiger partial charge in [0.2, 0.25) is 0 Å². The quantitative estimate of drug-likeness (QED) is 0.632.